The Hall–Kier alpha value is -1.66. The Morgan fingerprint density at radius 1 is 1.36 bits per heavy atom. The summed E-state index contributed by atoms with van der Waals surface area (Å²) < 4.78 is 36.9. The Balaban J connectivity index is 3.10. The zero-order chi connectivity index (χ0) is 10.8. The van der Waals surface area contributed by atoms with E-state index in [9.17, 15) is 13.2 Å². The van der Waals surface area contributed by atoms with Crippen LogP contribution in [0.25, 0.3) is 0 Å². The second-order valence-electron chi connectivity index (χ2n) is 2.40. The Kier molecular flexibility index (Phi) is 2.68. The van der Waals surface area contributed by atoms with Gasteiger partial charge < -0.3 is 5.73 Å². The largest absolute Gasteiger partial charge is 0.433 e. The van der Waals surface area contributed by atoms with Crippen molar-refractivity contribution in [1.29, 1.82) is 0 Å². The van der Waals surface area contributed by atoms with Crippen molar-refractivity contribution in [3.8, 4) is 0 Å². The molecule has 0 unspecified atom stereocenters. The predicted molar refractivity (Wildman–Crippen MR) is 45.0 cm³/mol. The fourth-order valence-corrected chi connectivity index (χ4v) is 0.880. The lowest BCUT2D eigenvalue weighted by Crippen LogP contribution is -2.24. The van der Waals surface area contributed by atoms with Gasteiger partial charge in [0.25, 0.3) is 0 Å². The number of hydrogen-bond donors (Lipinski definition) is 1. The van der Waals surface area contributed by atoms with Gasteiger partial charge in [-0.1, -0.05) is 0 Å². The number of nitrogens with two attached hydrogens (primary N) is 1. The molecule has 1 aromatic rings. The third kappa shape index (κ3) is 2.18. The monoisotopic (exact) mass is 204 g/mol. The van der Waals surface area contributed by atoms with Crippen molar-refractivity contribution in [3.63, 3.8) is 0 Å². The van der Waals surface area contributed by atoms with Crippen LogP contribution in [0, 0.1) is 0 Å². The Labute approximate surface area is 77.7 Å². The number of hydrogen-bond acceptors (Lipinski definition) is 4. The minimum absolute atomic E-state index is 0.0774. The molecule has 2 N–H and O–H groups in total. The van der Waals surface area contributed by atoms with Gasteiger partial charge in [0.2, 0.25) is 5.95 Å². The Morgan fingerprint density at radius 2 is 1.86 bits per heavy atom. The van der Waals surface area contributed by atoms with Gasteiger partial charge in [-0.05, 0) is 0 Å². The molecule has 7 heteroatoms. The number of anilines is 1. The molecule has 0 atom stereocenters. The van der Waals surface area contributed by atoms with E-state index >= 15 is 0 Å². The highest BCUT2D eigenvalue weighted by molar-refractivity contribution is 6.04. The molecule has 0 saturated carbocycles. The van der Waals surface area contributed by atoms with Crippen molar-refractivity contribution in [2.75, 3.05) is 12.8 Å². The maximum atomic E-state index is 12.3. The normalized spacial score (nSPS) is 13.0. The number of nitrogens with zero attached hydrogens (tertiary/aromatic N) is 3. The molecule has 0 saturated heterocycles. The quantitative estimate of drug-likeness (QED) is 0.695. The summed E-state index contributed by atoms with van der Waals surface area (Å²) in [6.07, 6.45) is -2.54. The second kappa shape index (κ2) is 3.60. The van der Waals surface area contributed by atoms with Crippen LogP contribution in [0.3, 0.4) is 0 Å². The highest BCUT2D eigenvalue weighted by Crippen LogP contribution is 2.21. The fraction of sp³-hybridized carbons (Fsp3) is 0.286. The van der Waals surface area contributed by atoms with Gasteiger partial charge in [0.1, 0.15) is 5.71 Å². The average molecular weight is 204 g/mol. The number of aliphatic imine (C=N–C) groups is 1. The van der Waals surface area contributed by atoms with E-state index in [1.807, 2.05) is 0 Å². The van der Waals surface area contributed by atoms with Crippen LogP contribution in [0.4, 0.5) is 19.1 Å². The Bertz CT molecular complexity index is 341. The molecule has 0 amide bonds. The highest BCUT2D eigenvalue weighted by Gasteiger charge is 2.36. The molecule has 1 aromatic heterocycles. The van der Waals surface area contributed by atoms with Crippen LogP contribution in [0.15, 0.2) is 17.4 Å². The number of rotatable bonds is 1. The molecule has 0 aromatic carbocycles. The van der Waals surface area contributed by atoms with Crippen LogP contribution in [-0.2, 0) is 0 Å². The second-order valence-corrected chi connectivity index (χ2v) is 2.40. The van der Waals surface area contributed by atoms with Crippen molar-refractivity contribution < 1.29 is 13.2 Å². The van der Waals surface area contributed by atoms with Crippen molar-refractivity contribution in [2.45, 2.75) is 6.18 Å². The van der Waals surface area contributed by atoms with Crippen LogP contribution in [0.1, 0.15) is 5.56 Å². The zero-order valence-electron chi connectivity index (χ0n) is 7.21. The fourth-order valence-electron chi connectivity index (χ4n) is 0.880. The molecule has 0 bridgehead atoms. The molecule has 14 heavy (non-hydrogen) atoms. The average Bonchev–Trinajstić information content (AvgIpc) is 2.07. The van der Waals surface area contributed by atoms with E-state index in [0.717, 1.165) is 19.4 Å². The van der Waals surface area contributed by atoms with E-state index in [-0.39, 0.29) is 11.5 Å². The summed E-state index contributed by atoms with van der Waals surface area (Å²) in [4.78, 5) is 10.0. The van der Waals surface area contributed by atoms with Crippen molar-refractivity contribution in [3.05, 3.63) is 18.0 Å². The van der Waals surface area contributed by atoms with Gasteiger partial charge in [0.15, 0.2) is 0 Å². The van der Waals surface area contributed by atoms with Crippen molar-refractivity contribution in [2.24, 2.45) is 4.99 Å². The molecule has 1 rings (SSSR count). The smallest absolute Gasteiger partial charge is 0.368 e. The van der Waals surface area contributed by atoms with Crippen LogP contribution in [-0.4, -0.2) is 28.9 Å². The van der Waals surface area contributed by atoms with Gasteiger partial charge in [0, 0.05) is 25.0 Å². The number of aromatic nitrogens is 2. The number of alkyl halides is 3. The maximum absolute atomic E-state index is 12.3. The molecule has 0 fully saturated rings. The lowest BCUT2D eigenvalue weighted by atomic mass is 10.2. The van der Waals surface area contributed by atoms with Gasteiger partial charge in [-0.15, -0.1) is 0 Å². The minimum Gasteiger partial charge on any atom is -0.368 e. The molecule has 76 valence electrons. The topological polar surface area (TPSA) is 64.2 Å². The van der Waals surface area contributed by atoms with Gasteiger partial charge >= 0.3 is 6.18 Å². The number of halogens is 3. The van der Waals surface area contributed by atoms with E-state index in [1.165, 1.54) is 0 Å². The lowest BCUT2D eigenvalue weighted by Gasteiger charge is -2.08. The van der Waals surface area contributed by atoms with E-state index in [1.54, 1.807) is 0 Å². The van der Waals surface area contributed by atoms with Crippen molar-refractivity contribution >= 4 is 11.7 Å². The van der Waals surface area contributed by atoms with Crippen molar-refractivity contribution in [1.82, 2.24) is 9.97 Å². The standard InChI is InChI=1S/C7H7F3N4/c1-12-5(7(8,9)10)4-2-13-6(11)14-3-4/h2-3H,1H3,(H2,11,13,14). The molecule has 0 aliphatic heterocycles. The zero-order valence-corrected chi connectivity index (χ0v) is 7.21. The summed E-state index contributed by atoms with van der Waals surface area (Å²) in [6.45, 7) is 0. The van der Waals surface area contributed by atoms with E-state index in [0.29, 0.717) is 0 Å². The maximum Gasteiger partial charge on any atom is 0.433 e. The molecule has 0 radical (unpaired) electrons. The first-order valence-electron chi connectivity index (χ1n) is 3.57. The van der Waals surface area contributed by atoms with Gasteiger partial charge in [0.05, 0.1) is 0 Å². The van der Waals surface area contributed by atoms with E-state index in [2.05, 4.69) is 15.0 Å². The summed E-state index contributed by atoms with van der Waals surface area (Å²) >= 11 is 0. The first kappa shape index (κ1) is 10.4. The SMILES string of the molecule is CN=C(c1cnc(N)nc1)C(F)(F)F. The van der Waals surface area contributed by atoms with Gasteiger partial charge in [-0.3, -0.25) is 4.99 Å². The van der Waals surface area contributed by atoms with Crippen LogP contribution in [0.5, 0.6) is 0 Å². The molecular formula is C7H7F3N4. The summed E-state index contributed by atoms with van der Waals surface area (Å²) in [5.41, 5.74) is 3.92. The first-order chi connectivity index (χ1) is 6.45. The summed E-state index contributed by atoms with van der Waals surface area (Å²) in [5.74, 6) is -0.0774. The van der Waals surface area contributed by atoms with Gasteiger partial charge in [-0.2, -0.15) is 13.2 Å². The van der Waals surface area contributed by atoms with Crippen LogP contribution < -0.4 is 5.73 Å². The molecule has 0 aliphatic rings. The van der Waals surface area contributed by atoms with Crippen LogP contribution >= 0.6 is 0 Å². The first-order valence-corrected chi connectivity index (χ1v) is 3.57. The summed E-state index contributed by atoms with van der Waals surface area (Å²) in [6, 6.07) is 0. The number of nitrogen functional groups attached to an aromatic ring is 1. The lowest BCUT2D eigenvalue weighted by molar-refractivity contribution is -0.0581. The molecule has 1 heterocycles. The highest BCUT2D eigenvalue weighted by atomic mass is 19.4. The molecule has 4 nitrogen and oxygen atoms in total. The van der Waals surface area contributed by atoms with Gasteiger partial charge in [-0.25, -0.2) is 9.97 Å². The van der Waals surface area contributed by atoms with Crippen LogP contribution in [0.2, 0.25) is 0 Å². The molecular weight excluding hydrogens is 197 g/mol. The Morgan fingerprint density at radius 3 is 2.21 bits per heavy atom. The van der Waals surface area contributed by atoms with E-state index < -0.39 is 11.9 Å². The summed E-state index contributed by atoms with van der Waals surface area (Å²) in [5, 5.41) is 0. The minimum atomic E-state index is -4.51. The summed E-state index contributed by atoms with van der Waals surface area (Å²) in [7, 11) is 1.05. The predicted octanol–water partition coefficient (Wildman–Crippen LogP) is 1.04. The molecule has 0 spiro atoms. The van der Waals surface area contributed by atoms with E-state index in [4.69, 9.17) is 5.73 Å². The third-order valence-corrected chi connectivity index (χ3v) is 1.44. The third-order valence-electron chi connectivity index (χ3n) is 1.44. The molecule has 0 aliphatic carbocycles.